The maximum atomic E-state index is 13.1. The molecule has 0 amide bonds. The van der Waals surface area contributed by atoms with Gasteiger partial charge in [-0.15, -0.1) is 0 Å². The summed E-state index contributed by atoms with van der Waals surface area (Å²) in [5, 5.41) is 3.99. The van der Waals surface area contributed by atoms with Crippen LogP contribution in [-0.4, -0.2) is 38.2 Å². The van der Waals surface area contributed by atoms with Crippen molar-refractivity contribution in [3.63, 3.8) is 0 Å². The highest BCUT2D eigenvalue weighted by atomic mass is 35.5. The van der Waals surface area contributed by atoms with Crippen LogP contribution in [0.25, 0.3) is 0 Å². The molecule has 30 heavy (non-hydrogen) atoms. The highest BCUT2D eigenvalue weighted by Crippen LogP contribution is 2.31. The molecule has 0 radical (unpaired) electrons. The van der Waals surface area contributed by atoms with Crippen LogP contribution < -0.4 is 10.2 Å². The first-order valence-electron chi connectivity index (χ1n) is 10.9. The number of carbonyl (C=O) groups excluding carboxylic acids is 2. The SMILES string of the molecule is CC1=CC(=O)C(CCC(=O)c2cc(Cl)cc(N(C)CC3CCNCC3)c2C)C(C)=C1. The number of halogens is 1. The predicted molar refractivity (Wildman–Crippen MR) is 125 cm³/mol. The van der Waals surface area contributed by atoms with E-state index in [0.717, 1.165) is 42.0 Å². The second-order valence-electron chi connectivity index (χ2n) is 8.86. The Balaban J connectivity index is 1.71. The first kappa shape index (κ1) is 22.8. The lowest BCUT2D eigenvalue weighted by molar-refractivity contribution is -0.117. The van der Waals surface area contributed by atoms with Crippen LogP contribution in [0.15, 0.2) is 35.4 Å². The summed E-state index contributed by atoms with van der Waals surface area (Å²) in [7, 11) is 2.08. The quantitative estimate of drug-likeness (QED) is 0.611. The van der Waals surface area contributed by atoms with Crippen LogP contribution in [0.3, 0.4) is 0 Å². The standard InChI is InChI=1S/C25H33ClN2O2/c1-16-11-17(2)21(25(30)12-16)5-6-24(29)22-13-20(26)14-23(18(22)3)28(4)15-19-7-9-27-10-8-19/h11-14,19,21,27H,5-10,15H2,1-4H3. The lowest BCUT2D eigenvalue weighted by Gasteiger charge is -2.30. The van der Waals surface area contributed by atoms with E-state index in [0.29, 0.717) is 29.3 Å². The number of hydrogen-bond acceptors (Lipinski definition) is 4. The molecule has 1 aromatic rings. The van der Waals surface area contributed by atoms with Crippen molar-refractivity contribution in [2.24, 2.45) is 11.8 Å². The minimum Gasteiger partial charge on any atom is -0.374 e. The molecule has 1 aromatic carbocycles. The van der Waals surface area contributed by atoms with Gasteiger partial charge >= 0.3 is 0 Å². The van der Waals surface area contributed by atoms with Crippen molar-refractivity contribution in [2.75, 3.05) is 31.6 Å². The molecular weight excluding hydrogens is 396 g/mol. The maximum absolute atomic E-state index is 13.1. The Kier molecular flexibility index (Phi) is 7.54. The van der Waals surface area contributed by atoms with E-state index in [1.165, 1.54) is 12.8 Å². The molecule has 1 unspecified atom stereocenters. The lowest BCUT2D eigenvalue weighted by atomic mass is 9.84. The van der Waals surface area contributed by atoms with Crippen molar-refractivity contribution >= 4 is 28.9 Å². The van der Waals surface area contributed by atoms with Gasteiger partial charge in [0, 0.05) is 42.2 Å². The summed E-state index contributed by atoms with van der Waals surface area (Å²) in [4.78, 5) is 27.7. The van der Waals surface area contributed by atoms with Crippen molar-refractivity contribution in [3.05, 3.63) is 51.6 Å². The molecule has 0 spiro atoms. The number of rotatable bonds is 7. The number of piperidine rings is 1. The highest BCUT2D eigenvalue weighted by Gasteiger charge is 2.24. The summed E-state index contributed by atoms with van der Waals surface area (Å²) in [5.41, 5.74) is 4.68. The number of ketones is 2. The molecule has 2 aliphatic rings. The van der Waals surface area contributed by atoms with Gasteiger partial charge in [0.2, 0.25) is 0 Å². The number of hydrogen-bond donors (Lipinski definition) is 1. The second kappa shape index (κ2) is 9.93. The Labute approximate surface area is 185 Å². The largest absolute Gasteiger partial charge is 0.374 e. The molecule has 0 saturated carbocycles. The normalized spacial score (nSPS) is 20.0. The summed E-state index contributed by atoms with van der Waals surface area (Å²) in [6, 6.07) is 3.73. The molecule has 1 aliphatic heterocycles. The van der Waals surface area contributed by atoms with Crippen LogP contribution in [0.1, 0.15) is 55.5 Å². The Hall–Kier alpha value is -1.91. The van der Waals surface area contributed by atoms with Crippen molar-refractivity contribution in [1.82, 2.24) is 5.32 Å². The van der Waals surface area contributed by atoms with Crippen molar-refractivity contribution in [3.8, 4) is 0 Å². The van der Waals surface area contributed by atoms with Gasteiger partial charge in [0.05, 0.1) is 0 Å². The Morgan fingerprint density at radius 3 is 2.53 bits per heavy atom. The van der Waals surface area contributed by atoms with E-state index in [9.17, 15) is 9.59 Å². The van der Waals surface area contributed by atoms with E-state index >= 15 is 0 Å². The zero-order chi connectivity index (χ0) is 21.8. The van der Waals surface area contributed by atoms with Crippen LogP contribution >= 0.6 is 11.6 Å². The number of allylic oxidation sites excluding steroid dienone is 4. The molecule has 1 atom stereocenters. The van der Waals surface area contributed by atoms with Crippen LogP contribution in [0.2, 0.25) is 5.02 Å². The Morgan fingerprint density at radius 2 is 1.87 bits per heavy atom. The molecule has 5 heteroatoms. The van der Waals surface area contributed by atoms with Crippen LogP contribution in [-0.2, 0) is 4.79 Å². The molecule has 1 aliphatic carbocycles. The molecule has 4 nitrogen and oxygen atoms in total. The van der Waals surface area contributed by atoms with E-state index < -0.39 is 0 Å². The number of carbonyl (C=O) groups is 2. The molecule has 0 bridgehead atoms. The topological polar surface area (TPSA) is 49.4 Å². The summed E-state index contributed by atoms with van der Waals surface area (Å²) in [6.45, 7) is 9.00. The van der Waals surface area contributed by atoms with Gasteiger partial charge in [-0.2, -0.15) is 0 Å². The number of anilines is 1. The fourth-order valence-electron chi connectivity index (χ4n) is 4.73. The number of nitrogens with one attached hydrogen (secondary N) is 1. The van der Waals surface area contributed by atoms with E-state index in [1.54, 1.807) is 12.1 Å². The average Bonchev–Trinajstić information content (AvgIpc) is 2.69. The van der Waals surface area contributed by atoms with Crippen molar-refractivity contribution in [1.29, 1.82) is 0 Å². The predicted octanol–water partition coefficient (Wildman–Crippen LogP) is 5.14. The summed E-state index contributed by atoms with van der Waals surface area (Å²) >= 11 is 6.40. The lowest BCUT2D eigenvalue weighted by Crippen LogP contribution is -2.34. The van der Waals surface area contributed by atoms with Crippen LogP contribution in [0.5, 0.6) is 0 Å². The fourth-order valence-corrected chi connectivity index (χ4v) is 4.94. The molecule has 0 aromatic heterocycles. The van der Waals surface area contributed by atoms with Gasteiger partial charge in [0.15, 0.2) is 11.6 Å². The zero-order valence-electron chi connectivity index (χ0n) is 18.6. The molecule has 1 heterocycles. The highest BCUT2D eigenvalue weighted by molar-refractivity contribution is 6.31. The van der Waals surface area contributed by atoms with Gasteiger partial charge in [-0.3, -0.25) is 9.59 Å². The van der Waals surface area contributed by atoms with Crippen LogP contribution in [0, 0.1) is 18.8 Å². The molecule has 1 fully saturated rings. The third-order valence-electron chi connectivity index (χ3n) is 6.43. The van der Waals surface area contributed by atoms with Crippen molar-refractivity contribution < 1.29 is 9.59 Å². The van der Waals surface area contributed by atoms with Gasteiger partial charge in [-0.1, -0.05) is 23.3 Å². The van der Waals surface area contributed by atoms with Crippen LogP contribution in [0.4, 0.5) is 5.69 Å². The van der Waals surface area contributed by atoms with E-state index in [2.05, 4.69) is 17.3 Å². The summed E-state index contributed by atoms with van der Waals surface area (Å²) < 4.78 is 0. The molecule has 162 valence electrons. The summed E-state index contributed by atoms with van der Waals surface area (Å²) in [5.74, 6) is 0.612. The molecular formula is C25H33ClN2O2. The molecule has 3 rings (SSSR count). The Bertz CT molecular complexity index is 881. The van der Waals surface area contributed by atoms with Gasteiger partial charge in [-0.25, -0.2) is 0 Å². The maximum Gasteiger partial charge on any atom is 0.163 e. The van der Waals surface area contributed by atoms with Crippen molar-refractivity contribution in [2.45, 2.75) is 46.5 Å². The third kappa shape index (κ3) is 5.41. The first-order valence-corrected chi connectivity index (χ1v) is 11.3. The van der Waals surface area contributed by atoms with E-state index in [4.69, 9.17) is 11.6 Å². The average molecular weight is 429 g/mol. The molecule has 1 saturated heterocycles. The van der Waals surface area contributed by atoms with Gasteiger partial charge < -0.3 is 10.2 Å². The minimum absolute atomic E-state index is 0.0541. The number of nitrogens with zero attached hydrogens (tertiary/aromatic N) is 1. The third-order valence-corrected chi connectivity index (χ3v) is 6.64. The van der Waals surface area contributed by atoms with Gasteiger partial charge in [0.25, 0.3) is 0 Å². The van der Waals surface area contributed by atoms with E-state index in [-0.39, 0.29) is 17.5 Å². The fraction of sp³-hybridized carbons (Fsp3) is 0.520. The van der Waals surface area contributed by atoms with Gasteiger partial charge in [0.1, 0.15) is 0 Å². The van der Waals surface area contributed by atoms with E-state index in [1.807, 2.05) is 32.9 Å². The Morgan fingerprint density at radius 1 is 1.17 bits per heavy atom. The van der Waals surface area contributed by atoms with Gasteiger partial charge in [-0.05, 0) is 88.4 Å². The monoisotopic (exact) mass is 428 g/mol. The number of Topliss-reactive ketones (excluding diaryl/α,β-unsaturated/α-hetero) is 1. The number of benzene rings is 1. The second-order valence-corrected chi connectivity index (χ2v) is 9.30. The smallest absolute Gasteiger partial charge is 0.163 e. The summed E-state index contributed by atoms with van der Waals surface area (Å²) in [6.07, 6.45) is 6.94. The first-order chi connectivity index (χ1) is 14.3. The zero-order valence-corrected chi connectivity index (χ0v) is 19.3. The minimum atomic E-state index is -0.195. The molecule has 1 N–H and O–H groups in total.